The summed E-state index contributed by atoms with van der Waals surface area (Å²) >= 11 is 0. The van der Waals surface area contributed by atoms with Gasteiger partial charge in [0.25, 0.3) is 0 Å². The number of nitrogens with one attached hydrogen (secondary N) is 1. The van der Waals surface area contributed by atoms with Crippen LogP contribution in [0.25, 0.3) is 0 Å². The van der Waals surface area contributed by atoms with Gasteiger partial charge >= 0.3 is 0 Å². The molecule has 1 N–H and O–H groups in total. The van der Waals surface area contributed by atoms with Crippen LogP contribution < -0.4 is 9.62 Å². The molecule has 37 heavy (non-hydrogen) atoms. The Morgan fingerprint density at radius 1 is 0.973 bits per heavy atom. The minimum atomic E-state index is -3.75. The number of benzene rings is 2. The number of carbonyl (C=O) groups excluding carboxylic acids is 2. The lowest BCUT2D eigenvalue weighted by Crippen LogP contribution is -2.54. The van der Waals surface area contributed by atoms with Crippen LogP contribution in [0, 0.1) is 13.8 Å². The van der Waals surface area contributed by atoms with Crippen molar-refractivity contribution in [2.75, 3.05) is 23.7 Å². The van der Waals surface area contributed by atoms with Crippen LogP contribution >= 0.6 is 0 Å². The summed E-state index contributed by atoms with van der Waals surface area (Å²) in [5, 5.41) is 3.17. The summed E-state index contributed by atoms with van der Waals surface area (Å²) < 4.78 is 27.0. The molecule has 8 heteroatoms. The van der Waals surface area contributed by atoms with Gasteiger partial charge in [0.15, 0.2) is 0 Å². The van der Waals surface area contributed by atoms with Gasteiger partial charge in [0.05, 0.1) is 11.9 Å². The fourth-order valence-corrected chi connectivity index (χ4v) is 6.18. The van der Waals surface area contributed by atoms with Crippen molar-refractivity contribution >= 4 is 27.5 Å². The highest BCUT2D eigenvalue weighted by Gasteiger charge is 2.33. The van der Waals surface area contributed by atoms with Crippen LogP contribution in [-0.2, 0) is 26.0 Å². The molecule has 2 aromatic rings. The summed E-state index contributed by atoms with van der Waals surface area (Å²) in [4.78, 5) is 28.9. The first-order chi connectivity index (χ1) is 17.6. The molecule has 2 aromatic carbocycles. The second-order valence-corrected chi connectivity index (χ2v) is 12.0. The first-order valence-electron chi connectivity index (χ1n) is 13.3. The third kappa shape index (κ3) is 7.81. The monoisotopic (exact) mass is 527 g/mol. The number of anilines is 1. The van der Waals surface area contributed by atoms with E-state index in [2.05, 4.69) is 5.32 Å². The molecule has 0 spiro atoms. The van der Waals surface area contributed by atoms with E-state index < -0.39 is 16.1 Å². The first-order valence-corrected chi connectivity index (χ1v) is 15.1. The number of hydrogen-bond acceptors (Lipinski definition) is 4. The predicted molar refractivity (Wildman–Crippen MR) is 149 cm³/mol. The Bertz CT molecular complexity index is 1140. The lowest BCUT2D eigenvalue weighted by atomic mass is 9.95. The fourth-order valence-electron chi connectivity index (χ4n) is 5.22. The van der Waals surface area contributed by atoms with Gasteiger partial charge in [-0.3, -0.25) is 13.9 Å². The number of sulfonamides is 1. The highest BCUT2D eigenvalue weighted by atomic mass is 32.2. The second-order valence-electron chi connectivity index (χ2n) is 10.1. The van der Waals surface area contributed by atoms with E-state index in [-0.39, 0.29) is 24.4 Å². The molecule has 0 saturated heterocycles. The minimum Gasteiger partial charge on any atom is -0.352 e. The number of amides is 2. The summed E-state index contributed by atoms with van der Waals surface area (Å²) in [6.07, 6.45) is 7.42. The number of para-hydroxylation sites is 1. The van der Waals surface area contributed by atoms with Crippen LogP contribution in [0.3, 0.4) is 0 Å². The van der Waals surface area contributed by atoms with Crippen LogP contribution in [-0.4, -0.2) is 56.6 Å². The van der Waals surface area contributed by atoms with Crippen LogP contribution in [0.2, 0.25) is 0 Å². The van der Waals surface area contributed by atoms with Crippen LogP contribution in [0.5, 0.6) is 0 Å². The normalized spacial score (nSPS) is 15.1. The van der Waals surface area contributed by atoms with E-state index in [4.69, 9.17) is 0 Å². The van der Waals surface area contributed by atoms with Crippen LogP contribution in [0.4, 0.5) is 5.69 Å². The van der Waals surface area contributed by atoms with Crippen molar-refractivity contribution < 1.29 is 18.0 Å². The molecule has 7 nitrogen and oxygen atoms in total. The van der Waals surface area contributed by atoms with Gasteiger partial charge in [-0.05, 0) is 56.2 Å². The van der Waals surface area contributed by atoms with Gasteiger partial charge in [-0.1, -0.05) is 74.7 Å². The van der Waals surface area contributed by atoms with E-state index >= 15 is 0 Å². The zero-order chi connectivity index (χ0) is 27.0. The summed E-state index contributed by atoms with van der Waals surface area (Å²) in [6, 6.07) is 14.8. The van der Waals surface area contributed by atoms with Crippen molar-refractivity contribution in [3.63, 3.8) is 0 Å². The van der Waals surface area contributed by atoms with Crippen molar-refractivity contribution in [2.45, 2.75) is 77.8 Å². The van der Waals surface area contributed by atoms with Crippen molar-refractivity contribution in [3.8, 4) is 0 Å². The van der Waals surface area contributed by atoms with Crippen LogP contribution in [0.1, 0.15) is 62.1 Å². The molecule has 0 radical (unpaired) electrons. The van der Waals surface area contributed by atoms with E-state index in [1.165, 1.54) is 10.7 Å². The highest BCUT2D eigenvalue weighted by molar-refractivity contribution is 7.92. The molecule has 3 rings (SSSR count). The van der Waals surface area contributed by atoms with E-state index in [9.17, 15) is 18.0 Å². The van der Waals surface area contributed by atoms with E-state index in [0.29, 0.717) is 25.1 Å². The molecule has 0 bridgehead atoms. The Morgan fingerprint density at radius 2 is 1.59 bits per heavy atom. The molecule has 0 unspecified atom stereocenters. The second kappa shape index (κ2) is 13.1. The van der Waals surface area contributed by atoms with Crippen molar-refractivity contribution in [2.24, 2.45) is 0 Å². The maximum absolute atomic E-state index is 13.9. The lowest BCUT2D eigenvalue weighted by molar-refractivity contribution is -0.140. The zero-order valence-corrected chi connectivity index (χ0v) is 23.4. The Balaban J connectivity index is 1.89. The van der Waals surface area contributed by atoms with Gasteiger partial charge < -0.3 is 10.2 Å². The third-order valence-electron chi connectivity index (χ3n) is 7.19. The Kier molecular flexibility index (Phi) is 10.1. The predicted octanol–water partition coefficient (Wildman–Crippen LogP) is 4.37. The SMILES string of the molecule is CC[C@@H](C(=O)NC1CCCCC1)N(CCc1ccccc1)C(=O)CN(c1c(C)cccc1C)S(C)(=O)=O. The van der Waals surface area contributed by atoms with Gasteiger partial charge in [0, 0.05) is 12.6 Å². The number of rotatable bonds is 11. The molecule has 202 valence electrons. The highest BCUT2D eigenvalue weighted by Crippen LogP contribution is 2.27. The van der Waals surface area contributed by atoms with Crippen molar-refractivity contribution in [1.82, 2.24) is 10.2 Å². The molecule has 0 heterocycles. The molecular weight excluding hydrogens is 486 g/mol. The van der Waals surface area contributed by atoms with Gasteiger partial charge in [-0.2, -0.15) is 0 Å². The molecule has 1 atom stereocenters. The van der Waals surface area contributed by atoms with Gasteiger partial charge in [-0.15, -0.1) is 0 Å². The average Bonchev–Trinajstić information content (AvgIpc) is 2.86. The minimum absolute atomic E-state index is 0.128. The quantitative estimate of drug-likeness (QED) is 0.470. The largest absolute Gasteiger partial charge is 0.352 e. The maximum Gasteiger partial charge on any atom is 0.244 e. The summed E-state index contributed by atoms with van der Waals surface area (Å²) in [5.74, 6) is -0.538. The maximum atomic E-state index is 13.9. The summed E-state index contributed by atoms with van der Waals surface area (Å²) in [5.41, 5.74) is 3.12. The van der Waals surface area contributed by atoms with E-state index in [1.807, 2.05) is 69.3 Å². The summed E-state index contributed by atoms with van der Waals surface area (Å²) in [7, 11) is -3.75. The number of hydrogen-bond donors (Lipinski definition) is 1. The van der Waals surface area contributed by atoms with E-state index in [1.54, 1.807) is 4.90 Å². The standard InChI is InChI=1S/C29H41N3O4S/c1-5-26(29(34)30-25-17-10-7-11-18-25)31(20-19-24-15-8-6-9-16-24)27(33)21-32(37(4,35)36)28-22(2)13-12-14-23(28)3/h6,8-9,12-16,25-26H,5,7,10-11,17-21H2,1-4H3,(H,30,34)/t26-/m0/s1. The molecule has 1 aliphatic rings. The third-order valence-corrected chi connectivity index (χ3v) is 8.30. The Morgan fingerprint density at radius 3 is 2.16 bits per heavy atom. The van der Waals surface area contributed by atoms with Crippen molar-refractivity contribution in [3.05, 3.63) is 65.2 Å². The zero-order valence-electron chi connectivity index (χ0n) is 22.6. The Hall–Kier alpha value is -2.87. The molecular formula is C29H41N3O4S. The van der Waals surface area contributed by atoms with Gasteiger partial charge in [0.2, 0.25) is 21.8 Å². The average molecular weight is 528 g/mol. The van der Waals surface area contributed by atoms with Gasteiger partial charge in [0.1, 0.15) is 12.6 Å². The molecule has 1 saturated carbocycles. The number of nitrogens with zero attached hydrogens (tertiary/aromatic N) is 2. The van der Waals surface area contributed by atoms with Crippen molar-refractivity contribution in [1.29, 1.82) is 0 Å². The first kappa shape index (κ1) is 28.7. The van der Waals surface area contributed by atoms with E-state index in [0.717, 1.165) is 48.6 Å². The molecule has 1 fully saturated rings. The van der Waals surface area contributed by atoms with Crippen LogP contribution in [0.15, 0.2) is 48.5 Å². The molecule has 0 aromatic heterocycles. The topological polar surface area (TPSA) is 86.8 Å². The number of aryl methyl sites for hydroxylation is 2. The van der Waals surface area contributed by atoms with Gasteiger partial charge in [-0.25, -0.2) is 8.42 Å². The Labute approximate surface area is 222 Å². The molecule has 2 amide bonds. The fraction of sp³-hybridized carbons (Fsp3) is 0.517. The number of carbonyl (C=O) groups is 2. The molecule has 1 aliphatic carbocycles. The summed E-state index contributed by atoms with van der Waals surface area (Å²) in [6.45, 7) is 5.54. The molecule has 0 aliphatic heterocycles. The smallest absolute Gasteiger partial charge is 0.244 e. The lowest BCUT2D eigenvalue weighted by Gasteiger charge is -2.34.